The van der Waals surface area contributed by atoms with Gasteiger partial charge in [-0.05, 0) is 45.3 Å². The van der Waals surface area contributed by atoms with E-state index in [0.29, 0.717) is 31.3 Å². The van der Waals surface area contributed by atoms with E-state index in [1.807, 2.05) is 0 Å². The molecular weight excluding hydrogens is 286 g/mol. The van der Waals surface area contributed by atoms with Crippen molar-refractivity contribution in [2.75, 3.05) is 53.2 Å². The smallest absolute Gasteiger partial charge is 0.281 e. The zero-order valence-electron chi connectivity index (χ0n) is 12.2. The third-order valence-corrected chi connectivity index (χ3v) is 5.92. The number of hydrogen-bond donors (Lipinski definition) is 0. The Balaban J connectivity index is 2.49. The Labute approximate surface area is 122 Å². The molecule has 0 spiro atoms. The monoisotopic (exact) mass is 311 g/mol. The number of alkyl halides is 1. The Morgan fingerprint density at radius 3 is 2.32 bits per heavy atom. The standard InChI is InChI=1S/C12H26ClN3O2S/c1-14-9-5-12(6-10-14)11-16(3)19(17,18)15(2)8-4-7-13/h12H,4-11H2,1-3H3. The Morgan fingerprint density at radius 2 is 1.79 bits per heavy atom. The summed E-state index contributed by atoms with van der Waals surface area (Å²) < 4.78 is 27.4. The van der Waals surface area contributed by atoms with Crippen LogP contribution in [0.3, 0.4) is 0 Å². The molecule has 0 amide bonds. The van der Waals surface area contributed by atoms with Gasteiger partial charge in [-0.15, -0.1) is 11.6 Å². The van der Waals surface area contributed by atoms with Crippen molar-refractivity contribution >= 4 is 21.8 Å². The van der Waals surface area contributed by atoms with Gasteiger partial charge in [-0.25, -0.2) is 0 Å². The van der Waals surface area contributed by atoms with Crippen molar-refractivity contribution in [3.8, 4) is 0 Å². The first-order valence-electron chi connectivity index (χ1n) is 6.80. The van der Waals surface area contributed by atoms with Gasteiger partial charge in [0.1, 0.15) is 0 Å². The second-order valence-corrected chi connectivity index (χ2v) is 7.92. The van der Waals surface area contributed by atoms with Crippen LogP contribution in [-0.4, -0.2) is 75.1 Å². The first-order chi connectivity index (χ1) is 8.87. The summed E-state index contributed by atoms with van der Waals surface area (Å²) in [6, 6.07) is 0. The molecule has 0 N–H and O–H groups in total. The molecule has 1 saturated heterocycles. The van der Waals surface area contributed by atoms with Crippen molar-refractivity contribution in [3.63, 3.8) is 0 Å². The molecule has 0 bridgehead atoms. The normalized spacial score (nSPS) is 19.5. The largest absolute Gasteiger partial charge is 0.306 e. The molecule has 0 aromatic heterocycles. The summed E-state index contributed by atoms with van der Waals surface area (Å²) in [6.07, 6.45) is 2.82. The Morgan fingerprint density at radius 1 is 1.21 bits per heavy atom. The van der Waals surface area contributed by atoms with E-state index in [9.17, 15) is 8.42 Å². The van der Waals surface area contributed by atoms with Crippen molar-refractivity contribution in [3.05, 3.63) is 0 Å². The van der Waals surface area contributed by atoms with Crippen molar-refractivity contribution in [2.24, 2.45) is 5.92 Å². The van der Waals surface area contributed by atoms with Crippen LogP contribution in [0.15, 0.2) is 0 Å². The van der Waals surface area contributed by atoms with Crippen molar-refractivity contribution < 1.29 is 8.42 Å². The highest BCUT2D eigenvalue weighted by molar-refractivity contribution is 7.86. The third kappa shape index (κ3) is 5.19. The number of halogens is 1. The summed E-state index contributed by atoms with van der Waals surface area (Å²) in [6.45, 7) is 3.20. The molecule has 0 saturated carbocycles. The molecule has 0 aromatic carbocycles. The molecule has 5 nitrogen and oxygen atoms in total. The quantitative estimate of drug-likeness (QED) is 0.661. The molecule has 1 fully saturated rings. The van der Waals surface area contributed by atoms with Crippen molar-refractivity contribution in [2.45, 2.75) is 19.3 Å². The molecule has 0 unspecified atom stereocenters. The van der Waals surface area contributed by atoms with Crippen molar-refractivity contribution in [1.82, 2.24) is 13.5 Å². The lowest BCUT2D eigenvalue weighted by Gasteiger charge is -2.32. The highest BCUT2D eigenvalue weighted by Crippen LogP contribution is 2.18. The molecule has 1 aliphatic heterocycles. The van der Waals surface area contributed by atoms with Crippen LogP contribution in [0.2, 0.25) is 0 Å². The van der Waals surface area contributed by atoms with E-state index in [2.05, 4.69) is 11.9 Å². The van der Waals surface area contributed by atoms with Crippen LogP contribution in [0.1, 0.15) is 19.3 Å². The first kappa shape index (κ1) is 17.2. The van der Waals surface area contributed by atoms with Gasteiger partial charge in [0, 0.05) is 33.1 Å². The van der Waals surface area contributed by atoms with Crippen LogP contribution in [-0.2, 0) is 10.2 Å². The zero-order chi connectivity index (χ0) is 14.5. The lowest BCUT2D eigenvalue weighted by Crippen LogP contribution is -2.44. The summed E-state index contributed by atoms with van der Waals surface area (Å²) in [5, 5.41) is 0. The van der Waals surface area contributed by atoms with E-state index in [4.69, 9.17) is 11.6 Å². The fourth-order valence-corrected chi connectivity index (χ4v) is 3.69. The van der Waals surface area contributed by atoms with Crippen LogP contribution in [0.25, 0.3) is 0 Å². The van der Waals surface area contributed by atoms with E-state index < -0.39 is 10.2 Å². The molecule has 0 aliphatic carbocycles. The molecule has 7 heteroatoms. The predicted molar refractivity (Wildman–Crippen MR) is 79.7 cm³/mol. The average molecular weight is 312 g/mol. The van der Waals surface area contributed by atoms with Crippen LogP contribution < -0.4 is 0 Å². The van der Waals surface area contributed by atoms with Crippen LogP contribution >= 0.6 is 11.6 Å². The lowest BCUT2D eigenvalue weighted by atomic mass is 9.97. The highest BCUT2D eigenvalue weighted by atomic mass is 35.5. The van der Waals surface area contributed by atoms with Gasteiger partial charge >= 0.3 is 0 Å². The molecule has 0 radical (unpaired) electrons. The lowest BCUT2D eigenvalue weighted by molar-refractivity contribution is 0.200. The minimum Gasteiger partial charge on any atom is -0.306 e. The molecule has 0 aromatic rings. The van der Waals surface area contributed by atoms with Gasteiger partial charge < -0.3 is 4.90 Å². The van der Waals surface area contributed by atoms with Crippen LogP contribution in [0, 0.1) is 5.92 Å². The summed E-state index contributed by atoms with van der Waals surface area (Å²) in [7, 11) is 2.07. The average Bonchev–Trinajstić information content (AvgIpc) is 2.38. The summed E-state index contributed by atoms with van der Waals surface area (Å²) in [4.78, 5) is 2.29. The second kappa shape index (κ2) is 7.78. The molecule has 1 aliphatic rings. The molecular formula is C12H26ClN3O2S. The minimum absolute atomic E-state index is 0.470. The summed E-state index contributed by atoms with van der Waals surface area (Å²) >= 11 is 5.60. The summed E-state index contributed by atoms with van der Waals surface area (Å²) in [5.74, 6) is 0.954. The Hall–Kier alpha value is 0.120. The Kier molecular flexibility index (Phi) is 7.04. The SMILES string of the molecule is CN1CCC(CN(C)S(=O)(=O)N(C)CCCCl)CC1. The maximum absolute atomic E-state index is 12.3. The Bertz CT molecular complexity index is 356. The van der Waals surface area contributed by atoms with Gasteiger partial charge in [0.15, 0.2) is 0 Å². The van der Waals surface area contributed by atoms with E-state index >= 15 is 0 Å². The van der Waals surface area contributed by atoms with Gasteiger partial charge in [0.05, 0.1) is 0 Å². The van der Waals surface area contributed by atoms with Gasteiger partial charge in [-0.1, -0.05) is 0 Å². The first-order valence-corrected chi connectivity index (χ1v) is 8.73. The van der Waals surface area contributed by atoms with Crippen LogP contribution in [0.5, 0.6) is 0 Å². The molecule has 19 heavy (non-hydrogen) atoms. The molecule has 1 rings (SSSR count). The number of hydrogen-bond acceptors (Lipinski definition) is 3. The number of likely N-dealkylation sites (tertiary alicyclic amines) is 1. The fraction of sp³-hybridized carbons (Fsp3) is 1.00. The minimum atomic E-state index is -3.33. The van der Waals surface area contributed by atoms with Gasteiger partial charge in [-0.2, -0.15) is 17.0 Å². The molecule has 114 valence electrons. The van der Waals surface area contributed by atoms with Gasteiger partial charge in [-0.3, -0.25) is 0 Å². The van der Waals surface area contributed by atoms with E-state index in [0.717, 1.165) is 25.9 Å². The third-order valence-electron chi connectivity index (χ3n) is 3.75. The number of nitrogens with zero attached hydrogens (tertiary/aromatic N) is 3. The number of piperidine rings is 1. The van der Waals surface area contributed by atoms with E-state index in [1.54, 1.807) is 14.1 Å². The van der Waals surface area contributed by atoms with Crippen molar-refractivity contribution in [1.29, 1.82) is 0 Å². The van der Waals surface area contributed by atoms with Gasteiger partial charge in [0.25, 0.3) is 10.2 Å². The maximum Gasteiger partial charge on any atom is 0.281 e. The molecule has 1 heterocycles. The number of rotatable bonds is 7. The van der Waals surface area contributed by atoms with Crippen LogP contribution in [0.4, 0.5) is 0 Å². The topological polar surface area (TPSA) is 43.9 Å². The van der Waals surface area contributed by atoms with Gasteiger partial charge in [0.2, 0.25) is 0 Å². The fourth-order valence-electron chi connectivity index (χ4n) is 2.34. The predicted octanol–water partition coefficient (Wildman–Crippen LogP) is 1.07. The zero-order valence-corrected chi connectivity index (χ0v) is 13.8. The van der Waals surface area contributed by atoms with E-state index in [-0.39, 0.29) is 0 Å². The molecule has 0 atom stereocenters. The van der Waals surface area contributed by atoms with E-state index in [1.165, 1.54) is 8.61 Å². The highest BCUT2D eigenvalue weighted by Gasteiger charge is 2.27. The second-order valence-electron chi connectivity index (χ2n) is 5.40. The summed E-state index contributed by atoms with van der Waals surface area (Å²) in [5.41, 5.74) is 0. The maximum atomic E-state index is 12.3.